The predicted octanol–water partition coefficient (Wildman–Crippen LogP) is 4.96. The maximum absolute atomic E-state index is 12.6. The molecule has 10 heteroatoms. The zero-order chi connectivity index (χ0) is 27.4. The predicted molar refractivity (Wildman–Crippen MR) is 150 cm³/mol. The number of hydrogen-bond acceptors (Lipinski definition) is 7. The number of amides is 2. The Kier molecular flexibility index (Phi) is 7.44. The molecule has 1 aliphatic heterocycles. The van der Waals surface area contributed by atoms with Gasteiger partial charge in [0.15, 0.2) is 0 Å². The molecule has 5 heterocycles. The molecule has 2 N–H and O–H groups in total. The molecule has 0 aromatic carbocycles. The summed E-state index contributed by atoms with van der Waals surface area (Å²) in [7, 11) is 0. The lowest BCUT2D eigenvalue weighted by atomic mass is 9.94. The van der Waals surface area contributed by atoms with Crippen molar-refractivity contribution in [1.29, 1.82) is 0 Å². The van der Waals surface area contributed by atoms with Gasteiger partial charge in [-0.3, -0.25) is 14.8 Å². The Labute approximate surface area is 227 Å². The number of carbonyl (C=O) groups is 2. The van der Waals surface area contributed by atoms with Crippen molar-refractivity contribution in [1.82, 2.24) is 24.5 Å². The highest BCUT2D eigenvalue weighted by molar-refractivity contribution is 5.95. The molecule has 10 nitrogen and oxygen atoms in total. The van der Waals surface area contributed by atoms with Gasteiger partial charge in [0, 0.05) is 60.2 Å². The molecule has 0 aliphatic carbocycles. The minimum Gasteiger partial charge on any atom is -0.444 e. The van der Waals surface area contributed by atoms with E-state index in [1.807, 2.05) is 57.3 Å². The van der Waals surface area contributed by atoms with Crippen molar-refractivity contribution >= 4 is 28.9 Å². The molecule has 1 fully saturated rings. The van der Waals surface area contributed by atoms with Gasteiger partial charge in [-0.05, 0) is 70.0 Å². The molecule has 2 amide bonds. The summed E-state index contributed by atoms with van der Waals surface area (Å²) in [6.45, 7) is 7.03. The van der Waals surface area contributed by atoms with Crippen molar-refractivity contribution < 1.29 is 14.3 Å². The summed E-state index contributed by atoms with van der Waals surface area (Å²) < 4.78 is 7.35. The molecule has 0 radical (unpaired) electrons. The van der Waals surface area contributed by atoms with Crippen molar-refractivity contribution in [3.8, 4) is 11.3 Å². The summed E-state index contributed by atoms with van der Waals surface area (Å²) in [6, 6.07) is 13.3. The van der Waals surface area contributed by atoms with Gasteiger partial charge in [-0.1, -0.05) is 6.07 Å². The van der Waals surface area contributed by atoms with Crippen LogP contribution >= 0.6 is 0 Å². The number of rotatable bonds is 6. The third-order valence-electron chi connectivity index (χ3n) is 6.48. The Morgan fingerprint density at radius 2 is 1.92 bits per heavy atom. The summed E-state index contributed by atoms with van der Waals surface area (Å²) in [4.78, 5) is 35.9. The molecule has 202 valence electrons. The SMILES string of the molecule is CC(C)(C)OC(=O)N1CCCC(c2cccc(-c3cnn4ccc(NC(=O)CNc5ccncc5)cc34)n2)C1. The van der Waals surface area contributed by atoms with E-state index in [2.05, 4.69) is 20.7 Å². The Morgan fingerprint density at radius 1 is 1.10 bits per heavy atom. The molecule has 0 bridgehead atoms. The fourth-order valence-electron chi connectivity index (χ4n) is 4.65. The Bertz CT molecular complexity index is 1460. The molecule has 4 aromatic heterocycles. The van der Waals surface area contributed by atoms with Crippen LogP contribution in [0.25, 0.3) is 16.8 Å². The molecule has 0 spiro atoms. The van der Waals surface area contributed by atoms with Crippen LogP contribution in [0.15, 0.2) is 67.3 Å². The van der Waals surface area contributed by atoms with Crippen LogP contribution in [0.1, 0.15) is 45.2 Å². The normalized spacial score (nSPS) is 15.7. The molecule has 0 saturated carbocycles. The number of ether oxygens (including phenoxy) is 1. The van der Waals surface area contributed by atoms with Crippen LogP contribution in [0.4, 0.5) is 16.2 Å². The zero-order valence-electron chi connectivity index (χ0n) is 22.4. The number of hydrogen-bond donors (Lipinski definition) is 2. The number of piperidine rings is 1. The molecule has 39 heavy (non-hydrogen) atoms. The number of fused-ring (bicyclic) bond motifs is 1. The van der Waals surface area contributed by atoms with E-state index in [0.29, 0.717) is 18.8 Å². The van der Waals surface area contributed by atoms with Crippen molar-refractivity contribution in [2.24, 2.45) is 0 Å². The van der Waals surface area contributed by atoms with Gasteiger partial charge >= 0.3 is 6.09 Å². The first-order chi connectivity index (χ1) is 18.7. The molecule has 1 saturated heterocycles. The number of anilines is 2. The number of pyridine rings is 3. The molecular weight excluding hydrogens is 494 g/mol. The van der Waals surface area contributed by atoms with Crippen LogP contribution in [0.5, 0.6) is 0 Å². The second-order valence-corrected chi connectivity index (χ2v) is 10.7. The largest absolute Gasteiger partial charge is 0.444 e. The second kappa shape index (κ2) is 11.1. The first-order valence-electron chi connectivity index (χ1n) is 13.1. The van der Waals surface area contributed by atoms with E-state index < -0.39 is 5.60 Å². The first kappa shape index (κ1) is 26.1. The van der Waals surface area contributed by atoms with E-state index in [9.17, 15) is 9.59 Å². The van der Waals surface area contributed by atoms with Gasteiger partial charge in [-0.25, -0.2) is 9.31 Å². The van der Waals surface area contributed by atoms with Gasteiger partial charge in [-0.2, -0.15) is 5.10 Å². The third-order valence-corrected chi connectivity index (χ3v) is 6.48. The molecule has 4 aromatic rings. The summed E-state index contributed by atoms with van der Waals surface area (Å²) in [6.07, 6.45) is 8.50. The average Bonchev–Trinajstić information content (AvgIpc) is 3.35. The molecule has 5 rings (SSSR count). The first-order valence-corrected chi connectivity index (χ1v) is 13.1. The lowest BCUT2D eigenvalue weighted by Crippen LogP contribution is -2.42. The highest BCUT2D eigenvalue weighted by atomic mass is 16.6. The third kappa shape index (κ3) is 6.51. The molecule has 1 unspecified atom stereocenters. The van der Waals surface area contributed by atoms with Crippen molar-refractivity contribution in [3.05, 3.63) is 72.9 Å². The van der Waals surface area contributed by atoms with E-state index in [-0.39, 0.29) is 24.5 Å². The minimum absolute atomic E-state index is 0.121. The fraction of sp³-hybridized carbons (Fsp3) is 0.345. The monoisotopic (exact) mass is 527 g/mol. The quantitative estimate of drug-likeness (QED) is 0.364. The highest BCUT2D eigenvalue weighted by Crippen LogP contribution is 2.30. The topological polar surface area (TPSA) is 114 Å². The Balaban J connectivity index is 1.31. The fourth-order valence-corrected chi connectivity index (χ4v) is 4.65. The van der Waals surface area contributed by atoms with Crippen LogP contribution in [0, 0.1) is 0 Å². The lowest BCUT2D eigenvalue weighted by molar-refractivity contribution is -0.114. The average molecular weight is 528 g/mol. The van der Waals surface area contributed by atoms with E-state index in [1.54, 1.807) is 40.1 Å². The summed E-state index contributed by atoms with van der Waals surface area (Å²) >= 11 is 0. The maximum atomic E-state index is 12.6. The summed E-state index contributed by atoms with van der Waals surface area (Å²) in [5.41, 5.74) is 4.39. The number of nitrogens with zero attached hydrogens (tertiary/aromatic N) is 5. The van der Waals surface area contributed by atoms with E-state index in [0.717, 1.165) is 41.0 Å². The van der Waals surface area contributed by atoms with Gasteiger partial charge in [0.2, 0.25) is 5.91 Å². The molecule has 1 atom stereocenters. The van der Waals surface area contributed by atoms with Gasteiger partial charge in [0.05, 0.1) is 24.0 Å². The van der Waals surface area contributed by atoms with Crippen molar-refractivity contribution in [3.63, 3.8) is 0 Å². The van der Waals surface area contributed by atoms with Crippen LogP contribution in [-0.4, -0.2) is 61.7 Å². The smallest absolute Gasteiger partial charge is 0.410 e. The summed E-state index contributed by atoms with van der Waals surface area (Å²) in [5.74, 6) is -0.0417. The highest BCUT2D eigenvalue weighted by Gasteiger charge is 2.29. The number of carbonyl (C=O) groups excluding carboxylic acids is 2. The number of nitrogens with one attached hydrogen (secondary N) is 2. The van der Waals surface area contributed by atoms with E-state index in [4.69, 9.17) is 9.72 Å². The van der Waals surface area contributed by atoms with Gasteiger partial charge in [-0.15, -0.1) is 0 Å². The Morgan fingerprint density at radius 3 is 2.72 bits per heavy atom. The summed E-state index contributed by atoms with van der Waals surface area (Å²) in [5, 5.41) is 10.5. The van der Waals surface area contributed by atoms with Gasteiger partial charge < -0.3 is 20.3 Å². The standard InChI is InChI=1S/C29H33N7O3/c1-29(2,3)39-28(38)35-14-5-6-20(19-35)24-7-4-8-25(34-24)23-17-32-36-15-11-22(16-26(23)36)33-27(37)18-31-21-9-12-30-13-10-21/h4,7-13,15-17,20H,5-6,14,18-19H2,1-3H3,(H,30,31)(H,33,37). The Hall–Kier alpha value is -4.47. The zero-order valence-corrected chi connectivity index (χ0v) is 22.4. The minimum atomic E-state index is -0.528. The second-order valence-electron chi connectivity index (χ2n) is 10.7. The lowest BCUT2D eigenvalue weighted by Gasteiger charge is -2.34. The van der Waals surface area contributed by atoms with Crippen LogP contribution in [0.2, 0.25) is 0 Å². The van der Waals surface area contributed by atoms with Gasteiger partial charge in [0.1, 0.15) is 5.60 Å². The van der Waals surface area contributed by atoms with Crippen LogP contribution in [0.3, 0.4) is 0 Å². The van der Waals surface area contributed by atoms with E-state index in [1.165, 1.54) is 0 Å². The van der Waals surface area contributed by atoms with Crippen LogP contribution < -0.4 is 10.6 Å². The molecule has 1 aliphatic rings. The number of aromatic nitrogens is 4. The van der Waals surface area contributed by atoms with Gasteiger partial charge in [0.25, 0.3) is 0 Å². The van der Waals surface area contributed by atoms with Crippen molar-refractivity contribution in [2.75, 3.05) is 30.3 Å². The molecular formula is C29H33N7O3. The van der Waals surface area contributed by atoms with Crippen LogP contribution in [-0.2, 0) is 9.53 Å². The maximum Gasteiger partial charge on any atom is 0.410 e. The van der Waals surface area contributed by atoms with E-state index >= 15 is 0 Å². The number of likely N-dealkylation sites (tertiary alicyclic amines) is 1. The van der Waals surface area contributed by atoms with Crippen molar-refractivity contribution in [2.45, 2.75) is 45.1 Å².